The van der Waals surface area contributed by atoms with Gasteiger partial charge < -0.3 is 9.05 Å². The fraction of sp³-hybridized carbons (Fsp3) is 0.750. The van der Waals surface area contributed by atoms with Crippen LogP contribution in [-0.2, 0) is 9.05 Å². The first-order valence-corrected chi connectivity index (χ1v) is 12.6. The van der Waals surface area contributed by atoms with Crippen LogP contribution in [0.15, 0.2) is 30.3 Å². The Morgan fingerprint density at radius 3 is 1.31 bits per heavy atom. The van der Waals surface area contributed by atoms with E-state index in [1.165, 1.54) is 12.8 Å². The molecular formula is C24H41N2O2Si. The van der Waals surface area contributed by atoms with Gasteiger partial charge in [-0.1, -0.05) is 30.3 Å². The van der Waals surface area contributed by atoms with Gasteiger partial charge in [-0.3, -0.25) is 0 Å². The van der Waals surface area contributed by atoms with Crippen LogP contribution in [0.1, 0.15) is 93.9 Å². The largest absolute Gasteiger partial charge is 0.459 e. The molecular weight excluding hydrogens is 376 g/mol. The summed E-state index contributed by atoms with van der Waals surface area (Å²) in [5, 5.41) is 5.68. The number of piperidine rings is 2. The molecule has 5 heteroatoms. The third kappa shape index (κ3) is 4.96. The molecule has 0 aliphatic carbocycles. The molecule has 0 spiro atoms. The summed E-state index contributed by atoms with van der Waals surface area (Å²) in [5.74, 6) is 0. The van der Waals surface area contributed by atoms with Crippen LogP contribution in [0.2, 0.25) is 0 Å². The average Bonchev–Trinajstić information content (AvgIpc) is 2.59. The van der Waals surface area contributed by atoms with Crippen molar-refractivity contribution in [1.29, 1.82) is 0 Å². The number of rotatable bonds is 5. The van der Waals surface area contributed by atoms with Gasteiger partial charge in [0.2, 0.25) is 0 Å². The first-order valence-electron chi connectivity index (χ1n) is 11.2. The average molecular weight is 418 g/mol. The molecule has 2 fully saturated rings. The summed E-state index contributed by atoms with van der Waals surface area (Å²) in [7, 11) is -1.75. The van der Waals surface area contributed by atoms with E-state index in [0.717, 1.165) is 30.9 Å². The molecule has 0 amide bonds. The zero-order chi connectivity index (χ0) is 21.5. The summed E-state index contributed by atoms with van der Waals surface area (Å²) in [5.41, 5.74) is -0.0447. The van der Waals surface area contributed by atoms with Crippen molar-refractivity contribution in [1.82, 2.24) is 10.1 Å². The molecule has 0 N–H and O–H groups in total. The lowest BCUT2D eigenvalue weighted by molar-refractivity contribution is -0.268. The Morgan fingerprint density at radius 2 is 0.966 bits per heavy atom. The summed E-state index contributed by atoms with van der Waals surface area (Å²) < 4.78 is 13.7. The maximum absolute atomic E-state index is 6.87. The minimum Gasteiger partial charge on any atom is -0.300 e. The van der Waals surface area contributed by atoms with Gasteiger partial charge >= 0.3 is 9.28 Å². The molecule has 0 aromatic heterocycles. The number of nitrogens with zero attached hydrogens (tertiary/aromatic N) is 2. The molecule has 1 radical (unpaired) electrons. The predicted octanol–water partition coefficient (Wildman–Crippen LogP) is 5.33. The van der Waals surface area contributed by atoms with Gasteiger partial charge in [0.05, 0.1) is 0 Å². The van der Waals surface area contributed by atoms with E-state index in [1.54, 1.807) is 0 Å². The van der Waals surface area contributed by atoms with Crippen molar-refractivity contribution >= 4 is 14.5 Å². The summed E-state index contributed by atoms with van der Waals surface area (Å²) >= 11 is 0. The smallest absolute Gasteiger partial charge is 0.300 e. The van der Waals surface area contributed by atoms with E-state index in [1.807, 2.05) is 0 Å². The van der Waals surface area contributed by atoms with E-state index in [9.17, 15) is 0 Å². The molecule has 2 heterocycles. The molecule has 3 rings (SSSR count). The van der Waals surface area contributed by atoms with E-state index in [0.29, 0.717) is 0 Å². The van der Waals surface area contributed by atoms with Gasteiger partial charge in [0.1, 0.15) is 0 Å². The topological polar surface area (TPSA) is 24.9 Å². The molecule has 0 unspecified atom stereocenters. The maximum atomic E-state index is 6.87. The molecule has 2 saturated heterocycles. The fourth-order valence-electron chi connectivity index (χ4n) is 5.31. The van der Waals surface area contributed by atoms with Gasteiger partial charge in [0, 0.05) is 22.2 Å². The predicted molar refractivity (Wildman–Crippen MR) is 122 cm³/mol. The van der Waals surface area contributed by atoms with E-state index in [2.05, 4.69) is 95.8 Å². The minimum atomic E-state index is -1.75. The molecule has 163 valence electrons. The monoisotopic (exact) mass is 417 g/mol. The van der Waals surface area contributed by atoms with Gasteiger partial charge in [0.15, 0.2) is 0 Å². The quantitative estimate of drug-likeness (QED) is 0.605. The summed E-state index contributed by atoms with van der Waals surface area (Å²) in [6, 6.07) is 10.5. The van der Waals surface area contributed by atoms with Crippen molar-refractivity contribution < 1.29 is 9.05 Å². The van der Waals surface area contributed by atoms with E-state index in [4.69, 9.17) is 9.05 Å². The van der Waals surface area contributed by atoms with Crippen molar-refractivity contribution in [3.05, 3.63) is 30.3 Å². The SMILES string of the molecule is CC1(C)CCCC(C)(C)N1O[Si](ON1C(C)(C)CCCC1(C)C)c1ccccc1. The third-order valence-electron chi connectivity index (χ3n) is 6.71. The van der Waals surface area contributed by atoms with E-state index < -0.39 is 9.28 Å². The van der Waals surface area contributed by atoms with Crippen LogP contribution in [-0.4, -0.2) is 41.6 Å². The first kappa shape index (κ1) is 23.0. The summed E-state index contributed by atoms with van der Waals surface area (Å²) in [4.78, 5) is 0. The second kappa shape index (κ2) is 8.08. The molecule has 2 aliphatic heterocycles. The zero-order valence-electron chi connectivity index (χ0n) is 19.8. The van der Waals surface area contributed by atoms with Crippen molar-refractivity contribution in [2.45, 2.75) is 116 Å². The number of hydroxylamine groups is 4. The second-order valence-corrected chi connectivity index (χ2v) is 12.9. The maximum Gasteiger partial charge on any atom is 0.459 e. The summed E-state index contributed by atoms with van der Waals surface area (Å²) in [6.07, 6.45) is 7.03. The van der Waals surface area contributed by atoms with E-state index in [-0.39, 0.29) is 22.2 Å². The highest BCUT2D eigenvalue weighted by Gasteiger charge is 2.48. The van der Waals surface area contributed by atoms with Crippen LogP contribution in [0, 0.1) is 0 Å². The van der Waals surface area contributed by atoms with Crippen LogP contribution in [0.25, 0.3) is 0 Å². The van der Waals surface area contributed by atoms with Crippen LogP contribution in [0.5, 0.6) is 0 Å². The van der Waals surface area contributed by atoms with Gasteiger partial charge in [0.25, 0.3) is 0 Å². The number of benzene rings is 1. The summed E-state index contributed by atoms with van der Waals surface area (Å²) in [6.45, 7) is 18.4. The molecule has 29 heavy (non-hydrogen) atoms. The van der Waals surface area contributed by atoms with Gasteiger partial charge in [-0.2, -0.15) is 10.1 Å². The molecule has 0 bridgehead atoms. The Labute approximate surface area is 180 Å². The van der Waals surface area contributed by atoms with Crippen molar-refractivity contribution in [3.8, 4) is 0 Å². The van der Waals surface area contributed by atoms with Crippen LogP contribution in [0.4, 0.5) is 0 Å². The normalized spacial score (nSPS) is 26.5. The Hall–Kier alpha value is -0.723. The Morgan fingerprint density at radius 1 is 0.621 bits per heavy atom. The highest BCUT2D eigenvalue weighted by atomic mass is 28.3. The van der Waals surface area contributed by atoms with E-state index >= 15 is 0 Å². The Balaban J connectivity index is 1.94. The lowest BCUT2D eigenvalue weighted by Gasteiger charge is -2.54. The standard InChI is InChI=1S/C24H41N2O2Si/c1-21(2)16-12-17-22(3,4)25(21)27-29(20-14-10-9-11-15-20)28-26-23(5,6)18-13-19-24(26,7)8/h9-11,14-15H,12-13,16-19H2,1-8H3. The zero-order valence-corrected chi connectivity index (χ0v) is 20.8. The highest BCUT2D eigenvalue weighted by Crippen LogP contribution is 2.41. The third-order valence-corrected chi connectivity index (χ3v) is 8.21. The van der Waals surface area contributed by atoms with Gasteiger partial charge in [-0.25, -0.2) is 0 Å². The first-order chi connectivity index (χ1) is 13.4. The van der Waals surface area contributed by atoms with Crippen LogP contribution < -0.4 is 5.19 Å². The molecule has 0 atom stereocenters. The van der Waals surface area contributed by atoms with Crippen molar-refractivity contribution in [2.24, 2.45) is 0 Å². The lowest BCUT2D eigenvalue weighted by atomic mass is 9.82. The lowest BCUT2D eigenvalue weighted by Crippen LogP contribution is -2.65. The van der Waals surface area contributed by atoms with Gasteiger partial charge in [-0.15, -0.1) is 0 Å². The Bertz CT molecular complexity index is 615. The molecule has 0 saturated carbocycles. The molecule has 4 nitrogen and oxygen atoms in total. The number of hydrogen-bond acceptors (Lipinski definition) is 4. The van der Waals surface area contributed by atoms with Crippen molar-refractivity contribution in [2.75, 3.05) is 0 Å². The van der Waals surface area contributed by atoms with Crippen LogP contribution in [0.3, 0.4) is 0 Å². The van der Waals surface area contributed by atoms with Crippen molar-refractivity contribution in [3.63, 3.8) is 0 Å². The molecule has 1 aromatic carbocycles. The minimum absolute atomic E-state index is 0.0112. The van der Waals surface area contributed by atoms with Crippen LogP contribution >= 0.6 is 0 Å². The highest BCUT2D eigenvalue weighted by molar-refractivity contribution is 6.61. The van der Waals surface area contributed by atoms with Gasteiger partial charge in [-0.05, 0) is 99.1 Å². The number of hydrogen-bond donors (Lipinski definition) is 0. The molecule has 1 aromatic rings. The Kier molecular flexibility index (Phi) is 6.40. The second-order valence-electron chi connectivity index (χ2n) is 11.4. The molecule has 2 aliphatic rings. The fourth-order valence-corrected chi connectivity index (χ4v) is 7.34.